The van der Waals surface area contributed by atoms with Crippen LogP contribution in [0.15, 0.2) is 47.4 Å². The van der Waals surface area contributed by atoms with Crippen LogP contribution in [0.5, 0.6) is 0 Å². The number of halogens is 2. The number of amides is 1. The highest BCUT2D eigenvalue weighted by Crippen LogP contribution is 2.23. The number of hydrogen-bond donors (Lipinski definition) is 1. The van der Waals surface area contributed by atoms with Gasteiger partial charge in [0.25, 0.3) is 0 Å². The van der Waals surface area contributed by atoms with Gasteiger partial charge < -0.3 is 4.90 Å². The number of benzene rings is 2. The fraction of sp³-hybridized carbons (Fsp3) is 0.235. The smallest absolute Gasteiger partial charge is 0.245 e. The molecule has 0 spiro atoms. The van der Waals surface area contributed by atoms with Gasteiger partial charge in [-0.25, -0.2) is 17.2 Å². The number of nitrogens with one attached hydrogen (secondary N) is 1. The Morgan fingerprint density at radius 1 is 1.08 bits per heavy atom. The summed E-state index contributed by atoms with van der Waals surface area (Å²) in [6.07, 6.45) is 0.287. The van der Waals surface area contributed by atoms with Crippen LogP contribution in [0.4, 0.5) is 14.5 Å². The van der Waals surface area contributed by atoms with E-state index in [0.717, 1.165) is 17.7 Å². The van der Waals surface area contributed by atoms with Crippen molar-refractivity contribution < 1.29 is 22.0 Å². The molecule has 0 radical (unpaired) electrons. The lowest BCUT2D eigenvalue weighted by atomic mass is 10.2. The molecular weight excluding hydrogens is 350 g/mol. The third-order valence-corrected chi connectivity index (χ3v) is 5.52. The number of nitrogens with zero attached hydrogens (tertiary/aromatic N) is 1. The lowest BCUT2D eigenvalue weighted by molar-refractivity contribution is -0.118. The van der Waals surface area contributed by atoms with Gasteiger partial charge in [0.15, 0.2) is 11.6 Å². The van der Waals surface area contributed by atoms with Gasteiger partial charge in [-0.15, -0.1) is 0 Å². The highest BCUT2D eigenvalue weighted by Gasteiger charge is 2.35. The van der Waals surface area contributed by atoms with E-state index in [1.54, 1.807) is 12.1 Å². The van der Waals surface area contributed by atoms with Crippen LogP contribution in [0.3, 0.4) is 0 Å². The first kappa shape index (κ1) is 17.5. The van der Waals surface area contributed by atoms with Gasteiger partial charge in [-0.1, -0.05) is 17.7 Å². The van der Waals surface area contributed by atoms with Crippen LogP contribution in [0, 0.1) is 18.6 Å². The van der Waals surface area contributed by atoms with Crippen molar-refractivity contribution in [3.63, 3.8) is 0 Å². The van der Waals surface area contributed by atoms with E-state index < -0.39 is 32.6 Å². The first-order valence-electron chi connectivity index (χ1n) is 7.63. The second-order valence-corrected chi connectivity index (χ2v) is 7.58. The molecule has 1 heterocycles. The van der Waals surface area contributed by atoms with Gasteiger partial charge in [-0.3, -0.25) is 4.79 Å². The van der Waals surface area contributed by atoms with E-state index in [1.165, 1.54) is 4.90 Å². The molecule has 132 valence electrons. The van der Waals surface area contributed by atoms with E-state index in [2.05, 4.69) is 4.72 Å². The van der Waals surface area contributed by atoms with Gasteiger partial charge >= 0.3 is 0 Å². The van der Waals surface area contributed by atoms with E-state index in [4.69, 9.17) is 0 Å². The van der Waals surface area contributed by atoms with Crippen LogP contribution < -0.4 is 9.62 Å². The minimum Gasteiger partial charge on any atom is -0.311 e. The summed E-state index contributed by atoms with van der Waals surface area (Å²) in [5.74, 6) is -2.78. The van der Waals surface area contributed by atoms with Gasteiger partial charge in [0.05, 0.1) is 4.90 Å². The predicted molar refractivity (Wildman–Crippen MR) is 88.6 cm³/mol. The fourth-order valence-electron chi connectivity index (χ4n) is 2.67. The maximum absolute atomic E-state index is 13.3. The van der Waals surface area contributed by atoms with Crippen LogP contribution in [-0.2, 0) is 14.8 Å². The van der Waals surface area contributed by atoms with Crippen LogP contribution in [-0.4, -0.2) is 26.9 Å². The van der Waals surface area contributed by atoms with E-state index in [0.29, 0.717) is 18.3 Å². The molecular formula is C17H16F2N2O3S. The molecule has 1 amide bonds. The minimum atomic E-state index is -4.13. The Kier molecular flexibility index (Phi) is 4.57. The van der Waals surface area contributed by atoms with Crippen LogP contribution in [0.2, 0.25) is 0 Å². The zero-order chi connectivity index (χ0) is 18.2. The molecule has 0 bridgehead atoms. The van der Waals surface area contributed by atoms with Gasteiger partial charge in [-0.2, -0.15) is 4.72 Å². The molecule has 1 aliphatic rings. The number of aryl methyl sites for hydroxylation is 1. The molecule has 1 aliphatic heterocycles. The maximum Gasteiger partial charge on any atom is 0.245 e. The van der Waals surface area contributed by atoms with Gasteiger partial charge in [-0.05, 0) is 43.7 Å². The van der Waals surface area contributed by atoms with Crippen molar-refractivity contribution in [2.45, 2.75) is 24.3 Å². The van der Waals surface area contributed by atoms with E-state index >= 15 is 0 Å². The SMILES string of the molecule is Cc1ccc(N2CCC(NS(=O)(=O)c3ccc(F)c(F)c3)C2=O)cc1. The quantitative estimate of drug-likeness (QED) is 0.903. The Hall–Kier alpha value is -2.32. The fourth-order valence-corrected chi connectivity index (χ4v) is 3.90. The third-order valence-electron chi connectivity index (χ3n) is 4.05. The molecule has 8 heteroatoms. The Morgan fingerprint density at radius 2 is 1.76 bits per heavy atom. The molecule has 2 aromatic rings. The van der Waals surface area contributed by atoms with Gasteiger partial charge in [0, 0.05) is 12.2 Å². The first-order chi connectivity index (χ1) is 11.8. The average molecular weight is 366 g/mol. The number of anilines is 1. The highest BCUT2D eigenvalue weighted by molar-refractivity contribution is 7.89. The van der Waals surface area contributed by atoms with E-state index in [1.807, 2.05) is 19.1 Å². The zero-order valence-electron chi connectivity index (χ0n) is 13.4. The summed E-state index contributed by atoms with van der Waals surface area (Å²) in [5, 5.41) is 0. The number of hydrogen-bond acceptors (Lipinski definition) is 3. The second kappa shape index (κ2) is 6.53. The van der Waals surface area contributed by atoms with E-state index in [-0.39, 0.29) is 12.3 Å². The molecule has 1 saturated heterocycles. The van der Waals surface area contributed by atoms with E-state index in [9.17, 15) is 22.0 Å². The van der Waals surface area contributed by atoms with Gasteiger partial charge in [0.1, 0.15) is 6.04 Å². The number of sulfonamides is 1. The number of carbonyl (C=O) groups is 1. The van der Waals surface area contributed by atoms with Crippen LogP contribution in [0.1, 0.15) is 12.0 Å². The normalized spacial score (nSPS) is 18.0. The molecule has 1 N–H and O–H groups in total. The predicted octanol–water partition coefficient (Wildman–Crippen LogP) is 2.36. The molecule has 1 fully saturated rings. The van der Waals surface area contributed by atoms with Crippen molar-refractivity contribution in [2.75, 3.05) is 11.4 Å². The van der Waals surface area contributed by atoms with Crippen molar-refractivity contribution in [1.29, 1.82) is 0 Å². The third kappa shape index (κ3) is 3.54. The largest absolute Gasteiger partial charge is 0.311 e. The molecule has 5 nitrogen and oxygen atoms in total. The molecule has 0 aromatic heterocycles. The Bertz CT molecular complexity index is 914. The van der Waals surface area contributed by atoms with Crippen molar-refractivity contribution in [1.82, 2.24) is 4.72 Å². The summed E-state index contributed by atoms with van der Waals surface area (Å²) in [7, 11) is -4.13. The molecule has 0 aliphatic carbocycles. The second-order valence-electron chi connectivity index (χ2n) is 5.86. The minimum absolute atomic E-state index is 0.287. The molecule has 0 saturated carbocycles. The molecule has 1 atom stereocenters. The summed E-state index contributed by atoms with van der Waals surface area (Å²) in [4.78, 5) is 13.6. The van der Waals surface area contributed by atoms with Crippen molar-refractivity contribution >= 4 is 21.6 Å². The molecule has 1 unspecified atom stereocenters. The molecule has 3 rings (SSSR count). The van der Waals surface area contributed by atoms with Crippen LogP contribution in [0.25, 0.3) is 0 Å². The topological polar surface area (TPSA) is 66.5 Å². The van der Waals surface area contributed by atoms with Crippen molar-refractivity contribution in [2.24, 2.45) is 0 Å². The Labute approximate surface area is 144 Å². The van der Waals surface area contributed by atoms with Crippen molar-refractivity contribution in [3.05, 3.63) is 59.7 Å². The molecule has 2 aromatic carbocycles. The maximum atomic E-state index is 13.3. The van der Waals surface area contributed by atoms with Crippen molar-refractivity contribution in [3.8, 4) is 0 Å². The lowest BCUT2D eigenvalue weighted by Gasteiger charge is -2.17. The first-order valence-corrected chi connectivity index (χ1v) is 9.12. The summed E-state index contributed by atoms with van der Waals surface area (Å²) >= 11 is 0. The Morgan fingerprint density at radius 3 is 2.40 bits per heavy atom. The van der Waals surface area contributed by atoms with Gasteiger partial charge in [0.2, 0.25) is 15.9 Å². The number of carbonyl (C=O) groups excluding carboxylic acids is 1. The monoisotopic (exact) mass is 366 g/mol. The summed E-state index contributed by atoms with van der Waals surface area (Å²) in [5.41, 5.74) is 1.73. The summed E-state index contributed by atoms with van der Waals surface area (Å²) in [6.45, 7) is 2.29. The summed E-state index contributed by atoms with van der Waals surface area (Å²) < 4.78 is 53.1. The van der Waals surface area contributed by atoms with Crippen LogP contribution >= 0.6 is 0 Å². The lowest BCUT2D eigenvalue weighted by Crippen LogP contribution is -2.41. The Balaban J connectivity index is 1.78. The molecule has 25 heavy (non-hydrogen) atoms. The zero-order valence-corrected chi connectivity index (χ0v) is 14.2. The average Bonchev–Trinajstić information content (AvgIpc) is 2.91. The summed E-state index contributed by atoms with van der Waals surface area (Å²) in [6, 6.07) is 8.65. The highest BCUT2D eigenvalue weighted by atomic mass is 32.2. The number of rotatable bonds is 4. The standard InChI is InChI=1S/C17H16F2N2O3S/c1-11-2-4-12(5-3-11)21-9-8-16(17(21)22)20-25(23,24)13-6-7-14(18)15(19)10-13/h2-7,10,16,20H,8-9H2,1H3.